The van der Waals surface area contributed by atoms with Crippen molar-refractivity contribution in [2.24, 2.45) is 0 Å². The molecule has 13 aromatic rings. The van der Waals surface area contributed by atoms with E-state index in [2.05, 4.69) is 302 Å². The highest BCUT2D eigenvalue weighted by Crippen LogP contribution is 2.60. The topological polar surface area (TPSA) is 16.4 Å². The number of anilines is 3. The van der Waals surface area contributed by atoms with Gasteiger partial charge in [0.05, 0.1) is 21.9 Å². The number of nitrogens with zero attached hydrogens (tertiary/aromatic N) is 1. The maximum absolute atomic E-state index is 6.84. The van der Waals surface area contributed by atoms with Crippen LogP contribution in [0.4, 0.5) is 17.1 Å². The third kappa shape index (κ3) is 6.41. The number of furan rings is 1. The third-order valence-electron chi connectivity index (χ3n) is 16.4. The van der Waals surface area contributed by atoms with E-state index in [-0.39, 0.29) is 0 Å². The van der Waals surface area contributed by atoms with Gasteiger partial charge < -0.3 is 9.32 Å². The average Bonchev–Trinajstić information content (AvgIpc) is 4.24. The van der Waals surface area contributed by atoms with Gasteiger partial charge in [-0.2, -0.15) is 0 Å². The molecule has 0 amide bonds. The van der Waals surface area contributed by atoms with Crippen molar-refractivity contribution in [2.75, 3.05) is 4.90 Å². The lowest BCUT2D eigenvalue weighted by Crippen LogP contribution is -2.29. The molecule has 356 valence electrons. The van der Waals surface area contributed by atoms with Gasteiger partial charge in [0.1, 0.15) is 11.2 Å². The molecule has 0 fully saturated rings. The highest BCUT2D eigenvalue weighted by Gasteiger charge is 2.48. The van der Waals surface area contributed by atoms with Crippen molar-refractivity contribution in [3.63, 3.8) is 0 Å². The summed E-state index contributed by atoms with van der Waals surface area (Å²) in [5, 5.41) is 2.12. The van der Waals surface area contributed by atoms with Crippen molar-refractivity contribution in [2.45, 2.75) is 10.8 Å². The Balaban J connectivity index is 1.02. The Bertz CT molecular complexity index is 4300. The predicted molar refractivity (Wildman–Crippen MR) is 314 cm³/mol. The van der Waals surface area contributed by atoms with Crippen LogP contribution in [0.15, 0.2) is 302 Å². The number of benzene rings is 12. The van der Waals surface area contributed by atoms with Crippen LogP contribution in [0.3, 0.4) is 0 Å². The van der Waals surface area contributed by atoms with Crippen molar-refractivity contribution in [3.8, 4) is 44.5 Å². The van der Waals surface area contributed by atoms with Crippen LogP contribution in [0.5, 0.6) is 0 Å². The molecule has 2 aliphatic carbocycles. The second-order valence-corrected chi connectivity index (χ2v) is 20.2. The van der Waals surface area contributed by atoms with Crippen LogP contribution in [0.25, 0.3) is 66.4 Å². The van der Waals surface area contributed by atoms with Gasteiger partial charge in [0.25, 0.3) is 0 Å². The molecule has 2 heteroatoms. The molecule has 0 N–H and O–H groups in total. The molecule has 12 aromatic carbocycles. The van der Waals surface area contributed by atoms with Gasteiger partial charge in [0.15, 0.2) is 0 Å². The second-order valence-electron chi connectivity index (χ2n) is 20.2. The molecule has 0 spiro atoms. The maximum atomic E-state index is 6.84. The lowest BCUT2D eigenvalue weighted by atomic mass is 9.67. The fourth-order valence-electron chi connectivity index (χ4n) is 13.4. The molecule has 15 rings (SSSR count). The molecule has 0 radical (unpaired) electrons. The Morgan fingerprint density at radius 1 is 0.276 bits per heavy atom. The Hall–Kier alpha value is -9.76. The van der Waals surface area contributed by atoms with Gasteiger partial charge in [-0.05, 0) is 138 Å². The summed E-state index contributed by atoms with van der Waals surface area (Å²) in [6.45, 7) is 0. The Morgan fingerprint density at radius 3 is 1.33 bits per heavy atom. The van der Waals surface area contributed by atoms with E-state index in [0.717, 1.165) is 50.1 Å². The third-order valence-corrected chi connectivity index (χ3v) is 16.4. The number of hydrogen-bond donors (Lipinski definition) is 0. The molecule has 0 saturated carbocycles. The minimum absolute atomic E-state index is 0.595. The molecule has 1 unspecified atom stereocenters. The standard InChI is InChI=1S/C74H49NO/c1-5-23-50(24-6-1)52-45-46-69-63(47-52)72-68(43-22-44-70(72)76-69)75(57-33-19-31-55(48-57)73(53-27-9-3-10-28-53)64-39-16-13-35-60(64)61-36-14-17-40-65(61)73)58-34-20-32-56(49-58)74(54-29-11-4-12-30-54)66-41-18-15-37-62(66)71-59(38-21-42-67(71)74)51-25-7-2-8-26-51/h1-49H. The van der Waals surface area contributed by atoms with Gasteiger partial charge in [-0.25, -0.2) is 0 Å². The lowest BCUT2D eigenvalue weighted by molar-refractivity contribution is 0.669. The summed E-state index contributed by atoms with van der Waals surface area (Å²) in [6.07, 6.45) is 0. The first-order chi connectivity index (χ1) is 37.7. The molecule has 0 saturated heterocycles. The van der Waals surface area contributed by atoms with Crippen molar-refractivity contribution in [1.29, 1.82) is 0 Å². The van der Waals surface area contributed by atoms with E-state index in [9.17, 15) is 0 Å². The van der Waals surface area contributed by atoms with Crippen molar-refractivity contribution in [1.82, 2.24) is 0 Å². The van der Waals surface area contributed by atoms with Crippen LogP contribution in [0.2, 0.25) is 0 Å². The summed E-state index contributed by atoms with van der Waals surface area (Å²) in [4.78, 5) is 2.49. The Labute approximate surface area is 443 Å². The fraction of sp³-hybridized carbons (Fsp3) is 0.0270. The molecule has 0 aliphatic heterocycles. The first kappa shape index (κ1) is 43.8. The quantitative estimate of drug-likeness (QED) is 0.143. The zero-order valence-electron chi connectivity index (χ0n) is 41.6. The van der Waals surface area contributed by atoms with Crippen LogP contribution < -0.4 is 4.90 Å². The van der Waals surface area contributed by atoms with Gasteiger partial charge in [0, 0.05) is 16.8 Å². The summed E-state index contributed by atoms with van der Waals surface area (Å²) >= 11 is 0. The first-order valence-corrected chi connectivity index (χ1v) is 26.3. The summed E-state index contributed by atoms with van der Waals surface area (Å²) in [5.41, 5.74) is 23.3. The van der Waals surface area contributed by atoms with E-state index in [4.69, 9.17) is 4.42 Å². The fourth-order valence-corrected chi connectivity index (χ4v) is 13.4. The molecule has 0 bridgehead atoms. The highest BCUT2D eigenvalue weighted by molar-refractivity contribution is 6.14. The van der Waals surface area contributed by atoms with Crippen molar-refractivity contribution in [3.05, 3.63) is 342 Å². The number of rotatable bonds is 9. The average molecular weight is 968 g/mol. The molecular weight excluding hydrogens is 919 g/mol. The van der Waals surface area contributed by atoms with Gasteiger partial charge >= 0.3 is 0 Å². The van der Waals surface area contributed by atoms with Gasteiger partial charge in [-0.3, -0.25) is 0 Å². The van der Waals surface area contributed by atoms with Crippen LogP contribution in [-0.4, -0.2) is 0 Å². The van der Waals surface area contributed by atoms with Crippen LogP contribution in [-0.2, 0) is 10.8 Å². The second kappa shape index (κ2) is 17.4. The molecular formula is C74H49NO. The summed E-state index contributed by atoms with van der Waals surface area (Å²) in [5.74, 6) is 0. The van der Waals surface area contributed by atoms with E-state index in [0.29, 0.717) is 0 Å². The largest absolute Gasteiger partial charge is 0.456 e. The molecule has 2 aliphatic rings. The van der Waals surface area contributed by atoms with Crippen LogP contribution >= 0.6 is 0 Å². The zero-order chi connectivity index (χ0) is 50.2. The van der Waals surface area contributed by atoms with Crippen molar-refractivity contribution < 1.29 is 4.42 Å². The minimum atomic E-state index is -0.658. The first-order valence-electron chi connectivity index (χ1n) is 26.3. The number of fused-ring (bicyclic) bond motifs is 9. The van der Waals surface area contributed by atoms with E-state index in [1.54, 1.807) is 0 Å². The predicted octanol–water partition coefficient (Wildman–Crippen LogP) is 19.1. The maximum Gasteiger partial charge on any atom is 0.137 e. The number of hydrogen-bond acceptors (Lipinski definition) is 2. The normalized spacial score (nSPS) is 14.7. The van der Waals surface area contributed by atoms with Gasteiger partial charge in [0.2, 0.25) is 0 Å². The van der Waals surface area contributed by atoms with E-state index in [1.165, 1.54) is 77.9 Å². The van der Waals surface area contributed by atoms with Crippen LogP contribution in [0, 0.1) is 0 Å². The molecule has 1 atom stereocenters. The van der Waals surface area contributed by atoms with E-state index < -0.39 is 10.8 Å². The van der Waals surface area contributed by atoms with E-state index in [1.807, 2.05) is 0 Å². The molecule has 1 aromatic heterocycles. The monoisotopic (exact) mass is 967 g/mol. The van der Waals surface area contributed by atoms with Gasteiger partial charge in [-0.15, -0.1) is 0 Å². The Kier molecular flexibility index (Phi) is 10.0. The van der Waals surface area contributed by atoms with E-state index >= 15 is 0 Å². The molecule has 76 heavy (non-hydrogen) atoms. The van der Waals surface area contributed by atoms with Crippen LogP contribution in [0.1, 0.15) is 44.5 Å². The Morgan fingerprint density at radius 2 is 0.724 bits per heavy atom. The summed E-state index contributed by atoms with van der Waals surface area (Å²) < 4.78 is 6.84. The lowest BCUT2D eigenvalue weighted by Gasteiger charge is -2.36. The summed E-state index contributed by atoms with van der Waals surface area (Å²) in [7, 11) is 0. The SMILES string of the molecule is c1ccc(-c2ccc3oc4cccc(N(c5cccc(C6(c7ccccc7)c7ccccc7-c7ccccc76)c5)c5cccc(C6(c7ccccc7)c7ccccc7-c7c(-c8ccccc8)cccc76)c5)c4c3c2)cc1. The van der Waals surface area contributed by atoms with Crippen molar-refractivity contribution >= 4 is 39.0 Å². The highest BCUT2D eigenvalue weighted by atomic mass is 16.3. The zero-order valence-corrected chi connectivity index (χ0v) is 41.6. The minimum Gasteiger partial charge on any atom is -0.456 e. The molecule has 1 heterocycles. The smallest absolute Gasteiger partial charge is 0.137 e. The summed E-state index contributed by atoms with van der Waals surface area (Å²) in [6, 6.07) is 110. The van der Waals surface area contributed by atoms with Gasteiger partial charge in [-0.1, -0.05) is 249 Å². The molecule has 2 nitrogen and oxygen atoms in total.